The Kier molecular flexibility index (Phi) is 6.17. The van der Waals surface area contributed by atoms with E-state index < -0.39 is 16.0 Å². The van der Waals surface area contributed by atoms with Crippen LogP contribution < -0.4 is 0 Å². The molecule has 1 saturated heterocycles. The Morgan fingerprint density at radius 1 is 1.36 bits per heavy atom. The van der Waals surface area contributed by atoms with Crippen LogP contribution in [-0.2, 0) is 33.1 Å². The smallest absolute Gasteiger partial charge is 0.323 e. The van der Waals surface area contributed by atoms with Gasteiger partial charge in [0.15, 0.2) is 0 Å². The maximum Gasteiger partial charge on any atom is 0.323 e. The van der Waals surface area contributed by atoms with Gasteiger partial charge in [0.2, 0.25) is 15.9 Å². The summed E-state index contributed by atoms with van der Waals surface area (Å²) in [6.07, 6.45) is 4.24. The zero-order chi connectivity index (χ0) is 18.6. The predicted molar refractivity (Wildman–Crippen MR) is 90.3 cm³/mol. The highest BCUT2D eigenvalue weighted by Crippen LogP contribution is 2.20. The molecule has 0 radical (unpaired) electrons. The van der Waals surface area contributed by atoms with Gasteiger partial charge in [0, 0.05) is 32.4 Å². The molecule has 1 fully saturated rings. The molecule has 9 nitrogen and oxygen atoms in total. The number of rotatable bonds is 7. The van der Waals surface area contributed by atoms with Crippen LogP contribution in [0.4, 0.5) is 0 Å². The monoisotopic (exact) mass is 372 g/mol. The van der Waals surface area contributed by atoms with Crippen LogP contribution in [0.15, 0.2) is 12.4 Å². The molecule has 1 amide bonds. The van der Waals surface area contributed by atoms with Crippen molar-refractivity contribution in [2.24, 2.45) is 7.05 Å². The minimum atomic E-state index is -3.26. The summed E-state index contributed by atoms with van der Waals surface area (Å²) in [6.45, 7) is 1.81. The number of aliphatic carboxylic acids is 1. The lowest BCUT2D eigenvalue weighted by Crippen LogP contribution is -2.50. The molecule has 25 heavy (non-hydrogen) atoms. The van der Waals surface area contributed by atoms with Gasteiger partial charge in [-0.25, -0.2) is 12.7 Å². The minimum Gasteiger partial charge on any atom is -0.480 e. The van der Waals surface area contributed by atoms with Gasteiger partial charge < -0.3 is 10.0 Å². The number of hydrogen-bond donors (Lipinski definition) is 1. The van der Waals surface area contributed by atoms with Crippen molar-refractivity contribution < 1.29 is 23.1 Å². The Bertz CT molecular complexity index is 722. The molecule has 2 rings (SSSR count). The van der Waals surface area contributed by atoms with E-state index >= 15 is 0 Å². The van der Waals surface area contributed by atoms with Crippen molar-refractivity contribution in [3.05, 3.63) is 18.0 Å². The number of carboxylic acids is 1. The Labute approximate surface area is 147 Å². The number of aromatic nitrogens is 2. The topological polar surface area (TPSA) is 113 Å². The summed E-state index contributed by atoms with van der Waals surface area (Å²) in [7, 11) is -1.51. The first kappa shape index (κ1) is 19.4. The molecular weight excluding hydrogens is 348 g/mol. The summed E-state index contributed by atoms with van der Waals surface area (Å²) in [4.78, 5) is 25.1. The van der Waals surface area contributed by atoms with E-state index in [-0.39, 0.29) is 30.7 Å². The Balaban J connectivity index is 2.05. The highest BCUT2D eigenvalue weighted by Gasteiger charge is 2.32. The molecule has 1 aromatic heterocycles. The number of amides is 1. The standard InChI is InChI=1S/C15H24N4O5S/c1-3-25(23,24)18-6-4-13(5-7-18)19(11-15(21)22)14(20)8-12-9-16-17(2)10-12/h9-10,13H,3-8,11H2,1-2H3,(H,21,22). The van der Waals surface area contributed by atoms with E-state index in [9.17, 15) is 18.0 Å². The fourth-order valence-corrected chi connectivity index (χ4v) is 4.15. The van der Waals surface area contributed by atoms with E-state index in [1.807, 2.05) is 0 Å². The zero-order valence-electron chi connectivity index (χ0n) is 14.5. The van der Waals surface area contributed by atoms with Crippen LogP contribution in [0.3, 0.4) is 0 Å². The number of nitrogens with zero attached hydrogens (tertiary/aromatic N) is 4. The van der Waals surface area contributed by atoms with Gasteiger partial charge in [-0.15, -0.1) is 0 Å². The summed E-state index contributed by atoms with van der Waals surface area (Å²) in [5.41, 5.74) is 0.717. The van der Waals surface area contributed by atoms with E-state index in [0.29, 0.717) is 31.5 Å². The molecule has 1 aliphatic heterocycles. The molecule has 0 aliphatic carbocycles. The van der Waals surface area contributed by atoms with Gasteiger partial charge in [0.05, 0.1) is 18.4 Å². The lowest BCUT2D eigenvalue weighted by atomic mass is 10.0. The van der Waals surface area contributed by atoms with E-state index in [4.69, 9.17) is 5.11 Å². The number of carboxylic acid groups (broad SMARTS) is 1. The summed E-state index contributed by atoms with van der Waals surface area (Å²) >= 11 is 0. The van der Waals surface area contributed by atoms with Crippen LogP contribution in [0.1, 0.15) is 25.3 Å². The summed E-state index contributed by atoms with van der Waals surface area (Å²) in [6, 6.07) is -0.274. The van der Waals surface area contributed by atoms with Crippen LogP contribution in [-0.4, -0.2) is 75.8 Å². The van der Waals surface area contributed by atoms with Crippen LogP contribution in [0.25, 0.3) is 0 Å². The van der Waals surface area contributed by atoms with Gasteiger partial charge in [-0.1, -0.05) is 0 Å². The minimum absolute atomic E-state index is 0.0381. The molecule has 0 saturated carbocycles. The average molecular weight is 372 g/mol. The molecule has 1 aliphatic rings. The third-order valence-electron chi connectivity index (χ3n) is 4.36. The Morgan fingerprint density at radius 2 is 2.00 bits per heavy atom. The van der Waals surface area contributed by atoms with Gasteiger partial charge in [-0.3, -0.25) is 14.3 Å². The molecule has 0 unspecified atom stereocenters. The highest BCUT2D eigenvalue weighted by atomic mass is 32.2. The Morgan fingerprint density at radius 3 is 2.48 bits per heavy atom. The third kappa shape index (κ3) is 5.02. The Hall–Kier alpha value is -1.94. The number of hydrogen-bond acceptors (Lipinski definition) is 5. The second-order valence-electron chi connectivity index (χ2n) is 6.15. The predicted octanol–water partition coefficient (Wildman–Crippen LogP) is -0.310. The molecule has 10 heteroatoms. The van der Waals surface area contributed by atoms with Gasteiger partial charge in [-0.05, 0) is 25.3 Å². The van der Waals surface area contributed by atoms with E-state index in [0.717, 1.165) is 0 Å². The molecule has 1 aromatic rings. The van der Waals surface area contributed by atoms with Crippen LogP contribution in [0, 0.1) is 0 Å². The van der Waals surface area contributed by atoms with Crippen molar-refractivity contribution in [2.45, 2.75) is 32.2 Å². The summed E-state index contributed by atoms with van der Waals surface area (Å²) < 4.78 is 26.8. The maximum absolute atomic E-state index is 12.6. The highest BCUT2D eigenvalue weighted by molar-refractivity contribution is 7.89. The third-order valence-corrected chi connectivity index (χ3v) is 6.24. The molecular formula is C15H24N4O5S. The van der Waals surface area contributed by atoms with E-state index in [1.165, 1.54) is 9.21 Å². The van der Waals surface area contributed by atoms with Crippen molar-refractivity contribution in [2.75, 3.05) is 25.4 Å². The second kappa shape index (κ2) is 7.96. The average Bonchev–Trinajstić information content (AvgIpc) is 2.97. The van der Waals surface area contributed by atoms with Crippen molar-refractivity contribution in [1.82, 2.24) is 19.0 Å². The molecule has 0 aromatic carbocycles. The first-order chi connectivity index (χ1) is 11.7. The number of piperidine rings is 1. The SMILES string of the molecule is CCS(=O)(=O)N1CCC(N(CC(=O)O)C(=O)Cc2cnn(C)c2)CC1. The van der Waals surface area contributed by atoms with Gasteiger partial charge in [0.1, 0.15) is 6.54 Å². The van der Waals surface area contributed by atoms with Crippen molar-refractivity contribution in [1.29, 1.82) is 0 Å². The number of carbonyl (C=O) groups excluding carboxylic acids is 1. The van der Waals surface area contributed by atoms with Crippen molar-refractivity contribution >= 4 is 21.9 Å². The van der Waals surface area contributed by atoms with Crippen LogP contribution >= 0.6 is 0 Å². The number of carbonyl (C=O) groups is 2. The van der Waals surface area contributed by atoms with Crippen LogP contribution in [0.2, 0.25) is 0 Å². The fourth-order valence-electron chi connectivity index (χ4n) is 3.02. The normalized spacial score (nSPS) is 16.7. The molecule has 0 atom stereocenters. The van der Waals surface area contributed by atoms with Crippen LogP contribution in [0.5, 0.6) is 0 Å². The molecule has 2 heterocycles. The fraction of sp³-hybridized carbons (Fsp3) is 0.667. The first-order valence-electron chi connectivity index (χ1n) is 8.19. The molecule has 140 valence electrons. The molecule has 0 spiro atoms. The number of sulfonamides is 1. The zero-order valence-corrected chi connectivity index (χ0v) is 15.3. The van der Waals surface area contributed by atoms with Gasteiger partial charge in [-0.2, -0.15) is 5.10 Å². The van der Waals surface area contributed by atoms with Gasteiger partial charge in [0.25, 0.3) is 0 Å². The molecule has 0 bridgehead atoms. The summed E-state index contributed by atoms with van der Waals surface area (Å²) in [5.74, 6) is -1.33. The first-order valence-corrected chi connectivity index (χ1v) is 9.80. The lowest BCUT2D eigenvalue weighted by Gasteiger charge is -2.37. The maximum atomic E-state index is 12.6. The van der Waals surface area contributed by atoms with Crippen molar-refractivity contribution in [3.63, 3.8) is 0 Å². The van der Waals surface area contributed by atoms with E-state index in [1.54, 1.807) is 31.0 Å². The second-order valence-corrected chi connectivity index (χ2v) is 8.40. The number of aryl methyl sites for hydroxylation is 1. The van der Waals surface area contributed by atoms with Crippen molar-refractivity contribution in [3.8, 4) is 0 Å². The quantitative estimate of drug-likeness (QED) is 0.702. The molecule has 1 N–H and O–H groups in total. The lowest BCUT2D eigenvalue weighted by molar-refractivity contribution is -0.146. The van der Waals surface area contributed by atoms with E-state index in [2.05, 4.69) is 5.10 Å². The van der Waals surface area contributed by atoms with Gasteiger partial charge >= 0.3 is 5.97 Å². The summed E-state index contributed by atoms with van der Waals surface area (Å²) in [5, 5.41) is 13.1. The largest absolute Gasteiger partial charge is 0.480 e.